The number of nitrogens with one attached hydrogen (secondary N) is 1. The van der Waals surface area contributed by atoms with Crippen molar-refractivity contribution in [3.8, 4) is 0 Å². The van der Waals surface area contributed by atoms with E-state index in [9.17, 15) is 0 Å². The second-order valence-corrected chi connectivity index (χ2v) is 4.41. The quantitative estimate of drug-likeness (QED) is 0.830. The van der Waals surface area contributed by atoms with Gasteiger partial charge in [-0.1, -0.05) is 0 Å². The molecule has 2 heterocycles. The Kier molecular flexibility index (Phi) is 2.83. The van der Waals surface area contributed by atoms with Crippen LogP contribution in [0.3, 0.4) is 0 Å². The molecule has 0 amide bonds. The van der Waals surface area contributed by atoms with E-state index >= 15 is 0 Å². The van der Waals surface area contributed by atoms with E-state index in [1.165, 1.54) is 12.8 Å². The normalized spacial score (nSPS) is 15.1. The van der Waals surface area contributed by atoms with Gasteiger partial charge in [0.25, 0.3) is 0 Å². The van der Waals surface area contributed by atoms with Crippen LogP contribution in [0.4, 0.5) is 0 Å². The summed E-state index contributed by atoms with van der Waals surface area (Å²) in [4.78, 5) is 4.36. The highest BCUT2D eigenvalue weighted by molar-refractivity contribution is 5.03. The fourth-order valence-electron chi connectivity index (χ4n) is 1.73. The van der Waals surface area contributed by atoms with E-state index in [4.69, 9.17) is 0 Å². The Morgan fingerprint density at radius 2 is 2.29 bits per heavy atom. The molecule has 2 aromatic rings. The number of nitrogens with zero attached hydrogens (tertiary/aromatic N) is 4. The molecule has 0 atom stereocenters. The number of aromatic nitrogens is 4. The number of hydrogen-bond acceptors (Lipinski definition) is 4. The highest BCUT2D eigenvalue weighted by Gasteiger charge is 2.20. The molecule has 1 aliphatic rings. The Balaban J connectivity index is 1.59. The summed E-state index contributed by atoms with van der Waals surface area (Å²) in [6.45, 7) is 1.59. The van der Waals surface area contributed by atoms with Crippen molar-refractivity contribution in [2.75, 3.05) is 0 Å². The first-order chi connectivity index (χ1) is 8.40. The van der Waals surface area contributed by atoms with Crippen molar-refractivity contribution < 1.29 is 0 Å². The van der Waals surface area contributed by atoms with Crippen LogP contribution in [0.2, 0.25) is 0 Å². The van der Waals surface area contributed by atoms with Gasteiger partial charge >= 0.3 is 0 Å². The molecule has 3 rings (SSSR count). The predicted molar refractivity (Wildman–Crippen MR) is 63.2 cm³/mol. The van der Waals surface area contributed by atoms with Crippen molar-refractivity contribution in [3.63, 3.8) is 0 Å². The van der Waals surface area contributed by atoms with Crippen LogP contribution in [0.25, 0.3) is 0 Å². The van der Waals surface area contributed by atoms with Crippen molar-refractivity contribution in [3.05, 3.63) is 42.2 Å². The summed E-state index contributed by atoms with van der Waals surface area (Å²) in [6.07, 6.45) is 8.20. The minimum Gasteiger partial charge on any atom is -0.331 e. The second-order valence-electron chi connectivity index (χ2n) is 4.41. The number of imidazole rings is 1. The lowest BCUT2D eigenvalue weighted by atomic mass is 10.4. The largest absolute Gasteiger partial charge is 0.331 e. The third-order valence-corrected chi connectivity index (χ3v) is 2.81. The SMILES string of the molecule is c1cnnc(Cn2cnc(CNC3CC3)c2)c1. The van der Waals surface area contributed by atoms with Gasteiger partial charge in [0.2, 0.25) is 0 Å². The Morgan fingerprint density at radius 3 is 3.06 bits per heavy atom. The zero-order chi connectivity index (χ0) is 11.5. The van der Waals surface area contributed by atoms with Gasteiger partial charge in [-0.2, -0.15) is 10.2 Å². The Bertz CT molecular complexity index is 475. The third-order valence-electron chi connectivity index (χ3n) is 2.81. The first-order valence-corrected chi connectivity index (χ1v) is 5.91. The van der Waals surface area contributed by atoms with Gasteiger partial charge in [0, 0.05) is 25.0 Å². The van der Waals surface area contributed by atoms with E-state index in [0.29, 0.717) is 0 Å². The van der Waals surface area contributed by atoms with Gasteiger partial charge in [-0.05, 0) is 25.0 Å². The van der Waals surface area contributed by atoms with E-state index in [1.807, 2.05) is 23.0 Å². The lowest BCUT2D eigenvalue weighted by molar-refractivity contribution is 0.675. The highest BCUT2D eigenvalue weighted by atomic mass is 15.1. The molecule has 1 fully saturated rings. The van der Waals surface area contributed by atoms with E-state index < -0.39 is 0 Å². The average Bonchev–Trinajstić information content (AvgIpc) is 3.09. The monoisotopic (exact) mass is 229 g/mol. The van der Waals surface area contributed by atoms with Crippen molar-refractivity contribution in [1.82, 2.24) is 25.1 Å². The van der Waals surface area contributed by atoms with Gasteiger partial charge in [-0.15, -0.1) is 0 Å². The molecule has 0 aliphatic heterocycles. The average molecular weight is 229 g/mol. The van der Waals surface area contributed by atoms with Crippen LogP contribution in [0.5, 0.6) is 0 Å². The Labute approximate surface area is 99.9 Å². The summed E-state index contributed by atoms with van der Waals surface area (Å²) in [5.74, 6) is 0. The third kappa shape index (κ3) is 2.88. The van der Waals surface area contributed by atoms with Gasteiger partial charge in [0.05, 0.1) is 24.3 Å². The summed E-state index contributed by atoms with van der Waals surface area (Å²) >= 11 is 0. The van der Waals surface area contributed by atoms with Crippen LogP contribution in [0, 0.1) is 0 Å². The van der Waals surface area contributed by atoms with Crippen molar-refractivity contribution in [2.24, 2.45) is 0 Å². The van der Waals surface area contributed by atoms with Crippen LogP contribution >= 0.6 is 0 Å². The molecular weight excluding hydrogens is 214 g/mol. The molecule has 1 saturated carbocycles. The lowest BCUT2D eigenvalue weighted by Crippen LogP contribution is -2.15. The molecule has 5 heteroatoms. The maximum atomic E-state index is 4.36. The maximum absolute atomic E-state index is 4.36. The van der Waals surface area contributed by atoms with E-state index in [1.54, 1.807) is 6.20 Å². The van der Waals surface area contributed by atoms with Gasteiger partial charge < -0.3 is 9.88 Å². The van der Waals surface area contributed by atoms with Crippen LogP contribution in [0.1, 0.15) is 24.2 Å². The molecule has 0 bridgehead atoms. The molecule has 17 heavy (non-hydrogen) atoms. The first-order valence-electron chi connectivity index (χ1n) is 5.91. The van der Waals surface area contributed by atoms with Crippen LogP contribution in [0.15, 0.2) is 30.9 Å². The van der Waals surface area contributed by atoms with E-state index in [-0.39, 0.29) is 0 Å². The minimum absolute atomic E-state index is 0.722. The fraction of sp³-hybridized carbons (Fsp3) is 0.417. The zero-order valence-corrected chi connectivity index (χ0v) is 9.58. The fourth-order valence-corrected chi connectivity index (χ4v) is 1.73. The van der Waals surface area contributed by atoms with Crippen molar-refractivity contribution in [1.29, 1.82) is 0 Å². The van der Waals surface area contributed by atoms with Gasteiger partial charge in [0.15, 0.2) is 0 Å². The summed E-state index contributed by atoms with van der Waals surface area (Å²) in [5.41, 5.74) is 2.03. The van der Waals surface area contributed by atoms with Crippen LogP contribution < -0.4 is 5.32 Å². The van der Waals surface area contributed by atoms with Crippen LogP contribution in [-0.2, 0) is 13.1 Å². The topological polar surface area (TPSA) is 55.6 Å². The van der Waals surface area contributed by atoms with Crippen molar-refractivity contribution >= 4 is 0 Å². The molecule has 0 spiro atoms. The minimum atomic E-state index is 0.722. The number of hydrogen-bond donors (Lipinski definition) is 1. The van der Waals surface area contributed by atoms with Crippen LogP contribution in [-0.4, -0.2) is 25.8 Å². The highest BCUT2D eigenvalue weighted by Crippen LogP contribution is 2.18. The van der Waals surface area contributed by atoms with Crippen molar-refractivity contribution in [2.45, 2.75) is 32.0 Å². The first kappa shape index (κ1) is 10.4. The zero-order valence-electron chi connectivity index (χ0n) is 9.58. The standard InChI is InChI=1S/C12H15N5/c1-2-11(16-15-5-1)7-17-8-12(14-9-17)6-13-10-3-4-10/h1-2,5,8-10,13H,3-4,6-7H2. The summed E-state index contributed by atoms with van der Waals surface area (Å²) < 4.78 is 2.04. The second kappa shape index (κ2) is 4.63. The summed E-state index contributed by atoms with van der Waals surface area (Å²) in [5, 5.41) is 11.4. The maximum Gasteiger partial charge on any atom is 0.0953 e. The van der Waals surface area contributed by atoms with E-state index in [2.05, 4.69) is 26.7 Å². The molecule has 0 radical (unpaired) electrons. The molecule has 2 aromatic heterocycles. The lowest BCUT2D eigenvalue weighted by Gasteiger charge is -2.00. The molecular formula is C12H15N5. The molecule has 5 nitrogen and oxygen atoms in total. The number of rotatable bonds is 5. The van der Waals surface area contributed by atoms with Gasteiger partial charge in [-0.3, -0.25) is 0 Å². The Hall–Kier alpha value is -1.75. The van der Waals surface area contributed by atoms with Gasteiger partial charge in [0.1, 0.15) is 0 Å². The summed E-state index contributed by atoms with van der Waals surface area (Å²) in [6, 6.07) is 4.59. The van der Waals surface area contributed by atoms with Gasteiger partial charge in [-0.25, -0.2) is 4.98 Å². The van der Waals surface area contributed by atoms with E-state index in [0.717, 1.165) is 30.5 Å². The smallest absolute Gasteiger partial charge is 0.0953 e. The molecule has 1 N–H and O–H groups in total. The molecule has 88 valence electrons. The molecule has 0 saturated heterocycles. The molecule has 1 aliphatic carbocycles. The summed E-state index contributed by atoms with van der Waals surface area (Å²) in [7, 11) is 0. The molecule has 0 unspecified atom stereocenters. The predicted octanol–water partition coefficient (Wildman–Crippen LogP) is 0.973. The molecule has 0 aromatic carbocycles. The Morgan fingerprint density at radius 1 is 1.35 bits per heavy atom.